The molecule has 0 saturated heterocycles. The van der Waals surface area contributed by atoms with Crippen molar-refractivity contribution in [1.82, 2.24) is 0 Å². The van der Waals surface area contributed by atoms with E-state index in [1.54, 1.807) is 6.92 Å². The van der Waals surface area contributed by atoms with Crippen LogP contribution in [0.3, 0.4) is 0 Å². The van der Waals surface area contributed by atoms with E-state index in [1.807, 2.05) is 26.0 Å². The number of aromatic nitrogens is 1. The maximum Gasteiger partial charge on any atom is 0.251 e. The Balaban J connectivity index is 2.94. The number of benzene rings is 1. The van der Waals surface area contributed by atoms with E-state index in [-0.39, 0.29) is 0 Å². The van der Waals surface area contributed by atoms with Gasteiger partial charge in [-0.25, -0.2) is 0 Å². The molecule has 2 aromatic rings. The Hall–Kier alpha value is -1.51. The zero-order valence-corrected chi connectivity index (χ0v) is 7.92. The summed E-state index contributed by atoms with van der Waals surface area (Å²) in [5.41, 5.74) is 3.50. The van der Waals surface area contributed by atoms with E-state index in [4.69, 9.17) is 4.52 Å². The molecule has 0 aliphatic heterocycles. The zero-order valence-electron chi connectivity index (χ0n) is 7.92. The molecular formula is C10H11NO2. The Morgan fingerprint density at radius 1 is 1.23 bits per heavy atom. The molecule has 0 fully saturated rings. The van der Waals surface area contributed by atoms with Gasteiger partial charge in [-0.3, -0.25) is 5.21 Å². The Kier molecular flexibility index (Phi) is 1.55. The standard InChI is InChI=1S/C10H11NO2/c1-6-4-7(2)10-8(3)11(12)13-9(10)5-6/h4-5H,1-3H3. The largest absolute Gasteiger partial charge is 0.366 e. The van der Waals surface area contributed by atoms with Crippen LogP contribution in [0.1, 0.15) is 16.8 Å². The lowest BCUT2D eigenvalue weighted by Crippen LogP contribution is -2.25. The van der Waals surface area contributed by atoms with Gasteiger partial charge in [0.1, 0.15) is 0 Å². The highest BCUT2D eigenvalue weighted by Crippen LogP contribution is 2.22. The summed E-state index contributed by atoms with van der Waals surface area (Å²) in [7, 11) is 0. The van der Waals surface area contributed by atoms with Crippen molar-refractivity contribution in [2.75, 3.05) is 0 Å². The minimum Gasteiger partial charge on any atom is -0.366 e. The molecule has 13 heavy (non-hydrogen) atoms. The molecule has 2 rings (SSSR count). The molecule has 1 heterocycles. The lowest BCUT2D eigenvalue weighted by molar-refractivity contribution is -0.792. The van der Waals surface area contributed by atoms with Crippen molar-refractivity contribution in [3.8, 4) is 0 Å². The monoisotopic (exact) mass is 177 g/mol. The number of nitrogens with zero attached hydrogens (tertiary/aromatic N) is 1. The quantitative estimate of drug-likeness (QED) is 0.577. The van der Waals surface area contributed by atoms with Crippen molar-refractivity contribution < 1.29 is 9.43 Å². The third kappa shape index (κ3) is 1.08. The topological polar surface area (TPSA) is 40.1 Å². The van der Waals surface area contributed by atoms with Gasteiger partial charge >= 0.3 is 0 Å². The van der Waals surface area contributed by atoms with Gasteiger partial charge in [0, 0.05) is 11.8 Å². The molecule has 3 nitrogen and oxygen atoms in total. The van der Waals surface area contributed by atoms with Crippen LogP contribution in [0.25, 0.3) is 11.0 Å². The highest BCUT2D eigenvalue weighted by Gasteiger charge is 2.13. The third-order valence-electron chi connectivity index (χ3n) is 2.26. The predicted molar refractivity (Wildman–Crippen MR) is 49.4 cm³/mol. The van der Waals surface area contributed by atoms with Crippen LogP contribution in [0, 0.1) is 26.0 Å². The van der Waals surface area contributed by atoms with Crippen molar-refractivity contribution in [2.24, 2.45) is 0 Å². The van der Waals surface area contributed by atoms with Crippen LogP contribution in [0.5, 0.6) is 0 Å². The summed E-state index contributed by atoms with van der Waals surface area (Å²) in [4.78, 5) is 0.567. The SMILES string of the molecule is Cc1cc(C)c2c(C)[n+]([O-])oc2c1. The molecule has 0 N–H and O–H groups in total. The first-order valence-electron chi connectivity index (χ1n) is 4.20. The molecule has 0 aliphatic carbocycles. The van der Waals surface area contributed by atoms with E-state index in [2.05, 4.69) is 0 Å². The minimum absolute atomic E-state index is 0.567. The van der Waals surface area contributed by atoms with Crippen LogP contribution < -0.4 is 4.90 Å². The summed E-state index contributed by atoms with van der Waals surface area (Å²) in [6.07, 6.45) is 0. The molecule has 1 aromatic carbocycles. The Labute approximate surface area is 76.1 Å². The number of fused-ring (bicyclic) bond motifs is 1. The second-order valence-corrected chi connectivity index (χ2v) is 3.39. The maximum atomic E-state index is 11.2. The van der Waals surface area contributed by atoms with Crippen LogP contribution in [-0.4, -0.2) is 0 Å². The van der Waals surface area contributed by atoms with Crippen molar-refractivity contribution in [3.63, 3.8) is 0 Å². The molecule has 0 saturated carbocycles. The molecule has 68 valence electrons. The van der Waals surface area contributed by atoms with E-state index in [1.165, 1.54) is 0 Å². The molecule has 1 aromatic heterocycles. The summed E-state index contributed by atoms with van der Waals surface area (Å²) in [6, 6.07) is 3.93. The zero-order chi connectivity index (χ0) is 9.59. The van der Waals surface area contributed by atoms with Gasteiger partial charge < -0.3 is 4.52 Å². The molecule has 3 heteroatoms. The molecule has 0 atom stereocenters. The first-order chi connectivity index (χ1) is 6.09. The predicted octanol–water partition coefficient (Wildman–Crippen LogP) is 1.99. The minimum atomic E-state index is 0.567. The van der Waals surface area contributed by atoms with Crippen LogP contribution in [-0.2, 0) is 0 Å². The number of rotatable bonds is 0. The second kappa shape index (κ2) is 2.49. The normalized spacial score (nSPS) is 11.0. The van der Waals surface area contributed by atoms with Gasteiger partial charge in [-0.05, 0) is 31.0 Å². The molecule has 0 radical (unpaired) electrons. The van der Waals surface area contributed by atoms with Gasteiger partial charge in [0.15, 0.2) is 0 Å². The fourth-order valence-corrected chi connectivity index (χ4v) is 1.71. The van der Waals surface area contributed by atoms with Crippen molar-refractivity contribution in [1.29, 1.82) is 0 Å². The Bertz CT molecular complexity index is 471. The summed E-state index contributed by atoms with van der Waals surface area (Å²) >= 11 is 0. The summed E-state index contributed by atoms with van der Waals surface area (Å²) in [5.74, 6) is 0. The van der Waals surface area contributed by atoms with Crippen LogP contribution in [0.2, 0.25) is 0 Å². The molecular weight excluding hydrogens is 166 g/mol. The molecule has 0 aliphatic rings. The average molecular weight is 177 g/mol. The molecule has 0 bridgehead atoms. The highest BCUT2D eigenvalue weighted by atomic mass is 16.7. The third-order valence-corrected chi connectivity index (χ3v) is 2.26. The Morgan fingerprint density at radius 3 is 2.62 bits per heavy atom. The van der Waals surface area contributed by atoms with E-state index in [0.29, 0.717) is 16.2 Å². The van der Waals surface area contributed by atoms with E-state index < -0.39 is 0 Å². The Morgan fingerprint density at radius 2 is 1.92 bits per heavy atom. The smallest absolute Gasteiger partial charge is 0.251 e. The highest BCUT2D eigenvalue weighted by molar-refractivity contribution is 5.82. The van der Waals surface area contributed by atoms with Gasteiger partial charge in [0.25, 0.3) is 5.69 Å². The van der Waals surface area contributed by atoms with Gasteiger partial charge in [0.05, 0.1) is 11.0 Å². The van der Waals surface area contributed by atoms with Crippen LogP contribution in [0.4, 0.5) is 0 Å². The van der Waals surface area contributed by atoms with E-state index >= 15 is 0 Å². The number of hydrogen-bond acceptors (Lipinski definition) is 2. The van der Waals surface area contributed by atoms with Gasteiger partial charge in [-0.2, -0.15) is 0 Å². The molecule has 0 unspecified atom stereocenters. The summed E-state index contributed by atoms with van der Waals surface area (Å²) in [6.45, 7) is 5.73. The fourth-order valence-electron chi connectivity index (χ4n) is 1.71. The lowest BCUT2D eigenvalue weighted by Gasteiger charge is -1.96. The van der Waals surface area contributed by atoms with E-state index in [0.717, 1.165) is 16.5 Å². The average Bonchev–Trinajstić information content (AvgIpc) is 2.27. The summed E-state index contributed by atoms with van der Waals surface area (Å²) < 4.78 is 5.02. The van der Waals surface area contributed by atoms with Gasteiger partial charge in [-0.15, -0.1) is 0 Å². The van der Waals surface area contributed by atoms with Gasteiger partial charge in [0.2, 0.25) is 0 Å². The van der Waals surface area contributed by atoms with Crippen molar-refractivity contribution in [3.05, 3.63) is 34.2 Å². The lowest BCUT2D eigenvalue weighted by atomic mass is 10.1. The fraction of sp³-hybridized carbons (Fsp3) is 0.300. The first kappa shape index (κ1) is 8.10. The van der Waals surface area contributed by atoms with Gasteiger partial charge in [-0.1, -0.05) is 6.07 Å². The summed E-state index contributed by atoms with van der Waals surface area (Å²) in [5, 5.41) is 12.1. The second-order valence-electron chi connectivity index (χ2n) is 3.39. The van der Waals surface area contributed by atoms with Crippen molar-refractivity contribution >= 4 is 11.0 Å². The van der Waals surface area contributed by atoms with Crippen LogP contribution in [0.15, 0.2) is 16.7 Å². The molecule has 0 spiro atoms. The van der Waals surface area contributed by atoms with E-state index in [9.17, 15) is 5.21 Å². The number of aryl methyl sites for hydroxylation is 3. The van der Waals surface area contributed by atoms with Crippen molar-refractivity contribution in [2.45, 2.75) is 20.8 Å². The number of hydrogen-bond donors (Lipinski definition) is 0. The maximum absolute atomic E-state index is 11.2. The molecule has 0 amide bonds. The first-order valence-corrected chi connectivity index (χ1v) is 4.20. The van der Waals surface area contributed by atoms with Crippen LogP contribution >= 0.6 is 0 Å².